The van der Waals surface area contributed by atoms with E-state index in [0.29, 0.717) is 17.9 Å². The van der Waals surface area contributed by atoms with Crippen LogP contribution >= 0.6 is 23.2 Å². The zero-order valence-corrected chi connectivity index (χ0v) is 11.6. The van der Waals surface area contributed by atoms with Gasteiger partial charge in [0, 0.05) is 6.04 Å². The van der Waals surface area contributed by atoms with Crippen LogP contribution in [0.1, 0.15) is 36.2 Å². The molecule has 7 heteroatoms. The standard InChI is InChI=1S/C12H14Cl2N2O3/c13-8-5-9(16-10(8)14)11(17)15-7-3-1-2-6(4-7)12(18)19/h5-7,16H,1-4H2,(H,15,17)(H,18,19). The van der Waals surface area contributed by atoms with Crippen LogP contribution in [0.2, 0.25) is 10.2 Å². The number of aromatic amines is 1. The fraction of sp³-hybridized carbons (Fsp3) is 0.500. The molecule has 1 saturated carbocycles. The van der Waals surface area contributed by atoms with Crippen molar-refractivity contribution in [1.82, 2.24) is 10.3 Å². The molecule has 0 saturated heterocycles. The van der Waals surface area contributed by atoms with E-state index >= 15 is 0 Å². The van der Waals surface area contributed by atoms with Crippen molar-refractivity contribution in [2.75, 3.05) is 0 Å². The summed E-state index contributed by atoms with van der Waals surface area (Å²) in [7, 11) is 0. The number of rotatable bonds is 3. The van der Waals surface area contributed by atoms with Gasteiger partial charge in [-0.1, -0.05) is 29.6 Å². The van der Waals surface area contributed by atoms with Crippen molar-refractivity contribution in [3.63, 3.8) is 0 Å². The van der Waals surface area contributed by atoms with E-state index in [0.717, 1.165) is 12.8 Å². The van der Waals surface area contributed by atoms with E-state index in [1.54, 1.807) is 0 Å². The van der Waals surface area contributed by atoms with Crippen molar-refractivity contribution >= 4 is 35.1 Å². The monoisotopic (exact) mass is 304 g/mol. The minimum absolute atomic E-state index is 0.122. The maximum atomic E-state index is 11.9. The van der Waals surface area contributed by atoms with Crippen LogP contribution in [0.3, 0.4) is 0 Å². The molecule has 0 bridgehead atoms. The summed E-state index contributed by atoms with van der Waals surface area (Å²) in [5, 5.41) is 12.3. The molecule has 0 aliphatic heterocycles. The topological polar surface area (TPSA) is 82.2 Å². The summed E-state index contributed by atoms with van der Waals surface area (Å²) in [6.07, 6.45) is 2.72. The van der Waals surface area contributed by atoms with E-state index in [1.807, 2.05) is 0 Å². The Morgan fingerprint density at radius 3 is 2.68 bits per heavy atom. The number of aromatic nitrogens is 1. The number of nitrogens with one attached hydrogen (secondary N) is 2. The molecular formula is C12H14Cl2N2O3. The predicted molar refractivity (Wildman–Crippen MR) is 71.7 cm³/mol. The minimum Gasteiger partial charge on any atom is -0.481 e. The smallest absolute Gasteiger partial charge is 0.306 e. The maximum absolute atomic E-state index is 11.9. The summed E-state index contributed by atoms with van der Waals surface area (Å²) in [4.78, 5) is 25.6. The van der Waals surface area contributed by atoms with Gasteiger partial charge >= 0.3 is 5.97 Å². The highest BCUT2D eigenvalue weighted by Gasteiger charge is 2.28. The van der Waals surface area contributed by atoms with E-state index < -0.39 is 5.97 Å². The first-order valence-corrected chi connectivity index (χ1v) is 6.80. The number of carbonyl (C=O) groups excluding carboxylic acids is 1. The first-order valence-electron chi connectivity index (χ1n) is 6.05. The normalized spacial score (nSPS) is 23.1. The van der Waals surface area contributed by atoms with Gasteiger partial charge in [0.05, 0.1) is 10.9 Å². The zero-order valence-electron chi connectivity index (χ0n) is 10.1. The van der Waals surface area contributed by atoms with E-state index in [2.05, 4.69) is 10.3 Å². The highest BCUT2D eigenvalue weighted by atomic mass is 35.5. The van der Waals surface area contributed by atoms with E-state index in [1.165, 1.54) is 6.07 Å². The SMILES string of the molecule is O=C(NC1CCCC(C(=O)O)C1)c1cc(Cl)c(Cl)[nH]1. The highest BCUT2D eigenvalue weighted by molar-refractivity contribution is 6.41. The van der Waals surface area contributed by atoms with Crippen LogP contribution in [0.5, 0.6) is 0 Å². The van der Waals surface area contributed by atoms with Gasteiger partial charge in [-0.05, 0) is 25.3 Å². The number of hydrogen-bond acceptors (Lipinski definition) is 2. The molecule has 1 aliphatic rings. The maximum Gasteiger partial charge on any atom is 0.306 e. The van der Waals surface area contributed by atoms with Gasteiger partial charge in [0.1, 0.15) is 10.8 Å². The average molecular weight is 305 g/mol. The number of halogens is 2. The lowest BCUT2D eigenvalue weighted by atomic mass is 9.86. The first-order chi connectivity index (χ1) is 8.97. The van der Waals surface area contributed by atoms with Gasteiger partial charge in [-0.25, -0.2) is 0 Å². The molecule has 104 valence electrons. The van der Waals surface area contributed by atoms with Gasteiger partial charge in [0.25, 0.3) is 5.91 Å². The van der Waals surface area contributed by atoms with Crippen molar-refractivity contribution in [2.24, 2.45) is 5.92 Å². The quantitative estimate of drug-likeness (QED) is 0.803. The van der Waals surface area contributed by atoms with Crippen LogP contribution in [0.4, 0.5) is 0 Å². The number of aliphatic carboxylic acids is 1. The molecule has 1 aromatic rings. The Kier molecular flexibility index (Phi) is 4.37. The highest BCUT2D eigenvalue weighted by Crippen LogP contribution is 2.25. The minimum atomic E-state index is -0.801. The molecule has 1 amide bonds. The number of carboxylic acid groups (broad SMARTS) is 1. The molecule has 19 heavy (non-hydrogen) atoms. The Labute approximate surface area is 120 Å². The Morgan fingerprint density at radius 2 is 2.11 bits per heavy atom. The molecule has 1 aliphatic carbocycles. The summed E-state index contributed by atoms with van der Waals surface area (Å²) in [6.45, 7) is 0. The fourth-order valence-electron chi connectivity index (χ4n) is 2.33. The second kappa shape index (κ2) is 5.84. The molecule has 1 aromatic heterocycles. The second-order valence-corrected chi connectivity index (χ2v) is 5.50. The Hall–Kier alpha value is -1.20. The lowest BCUT2D eigenvalue weighted by Crippen LogP contribution is -2.40. The summed E-state index contributed by atoms with van der Waals surface area (Å²) >= 11 is 11.5. The number of carboxylic acids is 1. The Morgan fingerprint density at radius 1 is 1.37 bits per heavy atom. The van der Waals surface area contributed by atoms with Gasteiger partial charge in [0.2, 0.25) is 0 Å². The largest absolute Gasteiger partial charge is 0.481 e. The Bertz CT molecular complexity index is 482. The first kappa shape index (κ1) is 14.2. The molecule has 2 unspecified atom stereocenters. The molecule has 1 heterocycles. The van der Waals surface area contributed by atoms with Crippen molar-refractivity contribution in [2.45, 2.75) is 31.7 Å². The van der Waals surface area contributed by atoms with Crippen LogP contribution < -0.4 is 5.32 Å². The van der Waals surface area contributed by atoms with Crippen LogP contribution in [0.25, 0.3) is 0 Å². The summed E-state index contributed by atoms with van der Waals surface area (Å²) in [5.74, 6) is -1.50. The predicted octanol–water partition coefficient (Wildman–Crippen LogP) is 2.69. The third kappa shape index (κ3) is 3.42. The second-order valence-electron chi connectivity index (χ2n) is 4.72. The molecule has 1 fully saturated rings. The number of H-pyrrole nitrogens is 1. The van der Waals surface area contributed by atoms with Crippen molar-refractivity contribution in [1.29, 1.82) is 0 Å². The average Bonchev–Trinajstić information content (AvgIpc) is 2.70. The van der Waals surface area contributed by atoms with Crippen LogP contribution in [-0.2, 0) is 4.79 Å². The summed E-state index contributed by atoms with van der Waals surface area (Å²) < 4.78 is 0. The molecule has 2 rings (SSSR count). The van der Waals surface area contributed by atoms with Crippen molar-refractivity contribution in [3.05, 3.63) is 21.9 Å². The summed E-state index contributed by atoms with van der Waals surface area (Å²) in [6, 6.07) is 1.33. The molecule has 0 radical (unpaired) electrons. The van der Waals surface area contributed by atoms with E-state index in [-0.39, 0.29) is 28.7 Å². The van der Waals surface area contributed by atoms with E-state index in [4.69, 9.17) is 28.3 Å². The molecule has 5 nitrogen and oxygen atoms in total. The van der Waals surface area contributed by atoms with Crippen LogP contribution in [0, 0.1) is 5.92 Å². The van der Waals surface area contributed by atoms with Gasteiger partial charge < -0.3 is 15.4 Å². The van der Waals surface area contributed by atoms with Crippen molar-refractivity contribution < 1.29 is 14.7 Å². The number of amides is 1. The third-order valence-electron chi connectivity index (χ3n) is 3.33. The molecule has 0 aromatic carbocycles. The molecular weight excluding hydrogens is 291 g/mol. The number of carbonyl (C=O) groups is 2. The molecule has 0 spiro atoms. The Balaban J connectivity index is 1.97. The van der Waals surface area contributed by atoms with Gasteiger partial charge in [-0.2, -0.15) is 0 Å². The van der Waals surface area contributed by atoms with Gasteiger partial charge in [-0.3, -0.25) is 9.59 Å². The molecule has 3 N–H and O–H groups in total. The van der Waals surface area contributed by atoms with Gasteiger partial charge in [0.15, 0.2) is 0 Å². The van der Waals surface area contributed by atoms with Gasteiger partial charge in [-0.15, -0.1) is 0 Å². The third-order valence-corrected chi connectivity index (χ3v) is 4.02. The summed E-state index contributed by atoms with van der Waals surface area (Å²) in [5.41, 5.74) is 0.285. The lowest BCUT2D eigenvalue weighted by molar-refractivity contribution is -0.143. The van der Waals surface area contributed by atoms with E-state index in [9.17, 15) is 9.59 Å². The van der Waals surface area contributed by atoms with Crippen LogP contribution in [0.15, 0.2) is 6.07 Å². The molecule has 2 atom stereocenters. The lowest BCUT2D eigenvalue weighted by Gasteiger charge is -2.27. The number of hydrogen-bond donors (Lipinski definition) is 3. The van der Waals surface area contributed by atoms with Crippen LogP contribution in [-0.4, -0.2) is 28.0 Å². The zero-order chi connectivity index (χ0) is 14.0. The van der Waals surface area contributed by atoms with Crippen molar-refractivity contribution in [3.8, 4) is 0 Å². The fourth-order valence-corrected chi connectivity index (χ4v) is 2.65.